The van der Waals surface area contributed by atoms with Crippen LogP contribution in [0.5, 0.6) is 11.5 Å². The van der Waals surface area contributed by atoms with E-state index < -0.39 is 0 Å². The number of imidazole rings is 1. The minimum atomic E-state index is -0.305. The summed E-state index contributed by atoms with van der Waals surface area (Å²) >= 11 is 0. The van der Waals surface area contributed by atoms with Crippen LogP contribution >= 0.6 is 0 Å². The summed E-state index contributed by atoms with van der Waals surface area (Å²) in [4.78, 5) is 21.0. The fourth-order valence-corrected chi connectivity index (χ4v) is 3.72. The number of aromatic nitrogens is 3. The Morgan fingerprint density at radius 2 is 2.05 bits per heavy atom. The largest absolute Gasteiger partial charge is 0.457 e. The second-order valence-electron chi connectivity index (χ2n) is 8.28. The fourth-order valence-electron chi connectivity index (χ4n) is 3.72. The highest BCUT2D eigenvalue weighted by Crippen LogP contribution is 2.30. The lowest BCUT2D eigenvalue weighted by Gasteiger charge is -2.16. The molecule has 0 aliphatic carbocycles. The molecule has 0 aliphatic rings. The Morgan fingerprint density at radius 3 is 2.86 bits per heavy atom. The average molecular weight is 492 g/mol. The monoisotopic (exact) mass is 491 g/mol. The molecule has 0 spiro atoms. The van der Waals surface area contributed by atoms with Crippen LogP contribution in [0.4, 0.5) is 5.82 Å². The molecule has 0 fully saturated rings. The molecule has 0 radical (unpaired) electrons. The van der Waals surface area contributed by atoms with E-state index in [-0.39, 0.29) is 5.91 Å². The van der Waals surface area contributed by atoms with Crippen LogP contribution in [0.25, 0.3) is 11.3 Å². The molecular formula is C30H29N5O2. The molecule has 7 heteroatoms. The number of hydrogen-bond acceptors (Lipinski definition) is 5. The number of benzene rings is 1. The number of hydrogen-bond donors (Lipinski definition) is 2. The van der Waals surface area contributed by atoms with Crippen LogP contribution in [0.15, 0.2) is 85.5 Å². The first-order chi connectivity index (χ1) is 18.0. The summed E-state index contributed by atoms with van der Waals surface area (Å²) in [5.74, 6) is 7.10. The van der Waals surface area contributed by atoms with Crippen LogP contribution in [-0.2, 0) is 11.3 Å². The molecule has 3 aromatic heterocycles. The summed E-state index contributed by atoms with van der Waals surface area (Å²) in [5.41, 5.74) is 5.12. The summed E-state index contributed by atoms with van der Waals surface area (Å²) < 4.78 is 8.15. The van der Waals surface area contributed by atoms with Gasteiger partial charge in [-0.15, -0.1) is 0 Å². The summed E-state index contributed by atoms with van der Waals surface area (Å²) in [6.07, 6.45) is 9.70. The highest BCUT2D eigenvalue weighted by atomic mass is 16.5. The molecule has 7 nitrogen and oxygen atoms in total. The lowest BCUT2D eigenvalue weighted by molar-refractivity contribution is -0.112. The number of ether oxygens (including phenoxy) is 1. The van der Waals surface area contributed by atoms with Gasteiger partial charge >= 0.3 is 0 Å². The third-order valence-corrected chi connectivity index (χ3v) is 5.70. The van der Waals surface area contributed by atoms with E-state index in [0.717, 1.165) is 28.0 Å². The lowest BCUT2D eigenvalue weighted by Crippen LogP contribution is -2.14. The van der Waals surface area contributed by atoms with Gasteiger partial charge in [0.1, 0.15) is 23.0 Å². The van der Waals surface area contributed by atoms with Gasteiger partial charge in [0.05, 0.1) is 5.57 Å². The van der Waals surface area contributed by atoms with Crippen LogP contribution in [0.2, 0.25) is 0 Å². The molecule has 1 aromatic carbocycles. The Hall–Kier alpha value is -4.83. The molecule has 37 heavy (non-hydrogen) atoms. The maximum absolute atomic E-state index is 12.5. The van der Waals surface area contributed by atoms with Crippen molar-refractivity contribution < 1.29 is 9.53 Å². The van der Waals surface area contributed by atoms with Crippen molar-refractivity contribution in [1.29, 1.82) is 0 Å². The first kappa shape index (κ1) is 25.3. The van der Waals surface area contributed by atoms with E-state index in [1.807, 2.05) is 61.0 Å². The predicted octanol–water partition coefficient (Wildman–Crippen LogP) is 5.89. The zero-order valence-corrected chi connectivity index (χ0v) is 21.2. The second kappa shape index (κ2) is 11.7. The van der Waals surface area contributed by atoms with Crippen molar-refractivity contribution in [2.45, 2.75) is 33.7 Å². The minimum Gasteiger partial charge on any atom is -0.457 e. The SMILES string of the molecule is C=C(NCc1ccc2nccn2c1)c1cccc(Oc2ccnc(NC(=O)/C(C#CCC)=C/C)c2)c1C. The van der Waals surface area contributed by atoms with E-state index in [0.29, 0.717) is 35.9 Å². The van der Waals surface area contributed by atoms with E-state index in [2.05, 4.69) is 39.0 Å². The highest BCUT2D eigenvalue weighted by molar-refractivity contribution is 6.06. The van der Waals surface area contributed by atoms with Crippen LogP contribution in [0, 0.1) is 18.8 Å². The van der Waals surface area contributed by atoms with E-state index >= 15 is 0 Å². The highest BCUT2D eigenvalue weighted by Gasteiger charge is 2.12. The normalized spacial score (nSPS) is 10.9. The zero-order chi connectivity index (χ0) is 26.2. The number of amides is 1. The topological polar surface area (TPSA) is 80.6 Å². The van der Waals surface area contributed by atoms with Crippen molar-refractivity contribution in [3.8, 4) is 23.3 Å². The fraction of sp³-hybridized carbons (Fsp3) is 0.167. The number of fused-ring (bicyclic) bond motifs is 1. The number of carbonyl (C=O) groups excluding carboxylic acids is 1. The molecule has 4 aromatic rings. The van der Waals surface area contributed by atoms with Gasteiger partial charge in [0.25, 0.3) is 5.91 Å². The van der Waals surface area contributed by atoms with Gasteiger partial charge in [-0.3, -0.25) is 4.79 Å². The summed E-state index contributed by atoms with van der Waals surface area (Å²) in [5, 5.41) is 6.19. The smallest absolute Gasteiger partial charge is 0.264 e. The van der Waals surface area contributed by atoms with Gasteiger partial charge in [-0.05, 0) is 37.6 Å². The van der Waals surface area contributed by atoms with Crippen molar-refractivity contribution in [1.82, 2.24) is 19.7 Å². The maximum atomic E-state index is 12.5. The molecular weight excluding hydrogens is 462 g/mol. The van der Waals surface area contributed by atoms with Gasteiger partial charge in [0.2, 0.25) is 0 Å². The van der Waals surface area contributed by atoms with Gasteiger partial charge < -0.3 is 19.8 Å². The summed E-state index contributed by atoms with van der Waals surface area (Å²) in [7, 11) is 0. The van der Waals surface area contributed by atoms with Crippen molar-refractivity contribution in [2.75, 3.05) is 5.32 Å². The Labute approximate surface area is 216 Å². The third-order valence-electron chi connectivity index (χ3n) is 5.70. The molecule has 0 atom stereocenters. The second-order valence-corrected chi connectivity index (χ2v) is 8.28. The molecule has 0 saturated heterocycles. The average Bonchev–Trinajstić information content (AvgIpc) is 3.37. The number of carbonyl (C=O) groups is 1. The molecule has 2 N–H and O–H groups in total. The van der Waals surface area contributed by atoms with Gasteiger partial charge in [0, 0.05) is 60.6 Å². The molecule has 0 aliphatic heterocycles. The molecule has 0 saturated carbocycles. The predicted molar refractivity (Wildman–Crippen MR) is 147 cm³/mol. The van der Waals surface area contributed by atoms with E-state index in [9.17, 15) is 4.79 Å². The number of nitrogens with zero attached hydrogens (tertiary/aromatic N) is 3. The van der Waals surface area contributed by atoms with Gasteiger partial charge in [-0.1, -0.05) is 49.6 Å². The minimum absolute atomic E-state index is 0.305. The quantitative estimate of drug-likeness (QED) is 0.237. The zero-order valence-electron chi connectivity index (χ0n) is 21.2. The first-order valence-corrected chi connectivity index (χ1v) is 12.0. The maximum Gasteiger partial charge on any atom is 0.264 e. The van der Waals surface area contributed by atoms with Crippen molar-refractivity contribution in [3.63, 3.8) is 0 Å². The Kier molecular flexibility index (Phi) is 8.01. The Balaban J connectivity index is 1.44. The lowest BCUT2D eigenvalue weighted by atomic mass is 10.1. The number of rotatable bonds is 8. The van der Waals surface area contributed by atoms with Crippen LogP contribution in [0.1, 0.15) is 37.0 Å². The summed E-state index contributed by atoms with van der Waals surface area (Å²) in [6.45, 7) is 10.6. The van der Waals surface area contributed by atoms with Crippen molar-refractivity contribution in [2.24, 2.45) is 0 Å². The molecule has 186 valence electrons. The number of allylic oxidation sites excluding steroid dienone is 1. The Bertz CT molecular complexity index is 1540. The van der Waals surface area contributed by atoms with Crippen molar-refractivity contribution >= 4 is 23.1 Å². The van der Waals surface area contributed by atoms with Gasteiger partial charge in [0.15, 0.2) is 0 Å². The molecule has 4 rings (SSSR count). The molecule has 0 bridgehead atoms. The van der Waals surface area contributed by atoms with E-state index in [1.165, 1.54) is 0 Å². The first-order valence-electron chi connectivity index (χ1n) is 12.0. The van der Waals surface area contributed by atoms with Crippen molar-refractivity contribution in [3.05, 3.63) is 102 Å². The molecule has 1 amide bonds. The third kappa shape index (κ3) is 6.24. The van der Waals surface area contributed by atoms with Crippen LogP contribution in [0.3, 0.4) is 0 Å². The number of pyridine rings is 2. The summed E-state index contributed by atoms with van der Waals surface area (Å²) in [6, 6.07) is 13.3. The van der Waals surface area contributed by atoms with E-state index in [1.54, 1.807) is 37.5 Å². The Morgan fingerprint density at radius 1 is 1.19 bits per heavy atom. The van der Waals surface area contributed by atoms with E-state index in [4.69, 9.17) is 4.74 Å². The molecule has 3 heterocycles. The van der Waals surface area contributed by atoms with Crippen LogP contribution in [-0.4, -0.2) is 20.3 Å². The standard InChI is InChI=1S/C30H29N5O2/c1-5-7-9-24(6-2)30(36)34-28-18-25(14-15-31-28)37-27-11-8-10-26(21(27)3)22(4)33-19-23-12-13-29-32-16-17-35(29)20-23/h6,8,10-18,20,33H,4-5,19H2,1-3H3,(H,31,34,36)/b24-6+. The number of anilines is 1. The van der Waals surface area contributed by atoms with Gasteiger partial charge in [-0.25, -0.2) is 9.97 Å². The van der Waals surface area contributed by atoms with Crippen LogP contribution < -0.4 is 15.4 Å². The molecule has 0 unspecified atom stereocenters. The van der Waals surface area contributed by atoms with Gasteiger partial charge in [-0.2, -0.15) is 0 Å². The number of nitrogens with one attached hydrogen (secondary N) is 2.